The van der Waals surface area contributed by atoms with E-state index < -0.39 is 26.1 Å². The Morgan fingerprint density at radius 1 is 1.40 bits per heavy atom. The molecule has 0 aromatic heterocycles. The predicted octanol–water partition coefficient (Wildman–Crippen LogP) is 2.01. The zero-order chi connectivity index (χ0) is 11.7. The number of hydrogen-bond donors (Lipinski definition) is 0. The molecule has 0 aromatic carbocycles. The summed E-state index contributed by atoms with van der Waals surface area (Å²) in [5, 5.41) is 0. The summed E-state index contributed by atoms with van der Waals surface area (Å²) < 4.78 is 53.7. The van der Waals surface area contributed by atoms with Crippen LogP contribution >= 0.6 is 10.7 Å². The van der Waals surface area contributed by atoms with Crippen LogP contribution in [0.5, 0.6) is 0 Å². The lowest BCUT2D eigenvalue weighted by atomic mass is 9.77. The Hall–Kier alpha value is 0.0600. The fourth-order valence-corrected chi connectivity index (χ4v) is 3.63. The van der Waals surface area contributed by atoms with Crippen LogP contribution in [-0.2, 0) is 13.8 Å². The van der Waals surface area contributed by atoms with Gasteiger partial charge in [0.1, 0.15) is 0 Å². The van der Waals surface area contributed by atoms with Crippen LogP contribution in [0.4, 0.5) is 8.78 Å². The van der Waals surface area contributed by atoms with E-state index in [0.29, 0.717) is 0 Å². The van der Waals surface area contributed by atoms with E-state index in [9.17, 15) is 17.2 Å². The van der Waals surface area contributed by atoms with Crippen LogP contribution in [0, 0.1) is 5.41 Å². The third-order valence-corrected chi connectivity index (χ3v) is 4.05. The minimum absolute atomic E-state index is 0.0163. The van der Waals surface area contributed by atoms with Crippen molar-refractivity contribution < 1.29 is 21.9 Å². The number of alkyl halides is 2. The van der Waals surface area contributed by atoms with Gasteiger partial charge in [-0.3, -0.25) is 0 Å². The average molecular weight is 263 g/mol. The summed E-state index contributed by atoms with van der Waals surface area (Å²) in [6.07, 6.45) is 0.0326. The van der Waals surface area contributed by atoms with Gasteiger partial charge in [-0.25, -0.2) is 17.2 Å². The van der Waals surface area contributed by atoms with Gasteiger partial charge in [-0.1, -0.05) is 0 Å². The molecule has 0 aromatic rings. The third-order valence-electron chi connectivity index (χ3n) is 2.83. The lowest BCUT2D eigenvalue weighted by Crippen LogP contribution is -2.47. The molecule has 0 saturated carbocycles. The first kappa shape index (κ1) is 13.1. The van der Waals surface area contributed by atoms with E-state index in [-0.39, 0.29) is 26.1 Å². The lowest BCUT2D eigenvalue weighted by Gasteiger charge is -2.40. The monoisotopic (exact) mass is 262 g/mol. The van der Waals surface area contributed by atoms with Crippen LogP contribution < -0.4 is 0 Å². The maximum absolute atomic E-state index is 13.4. The molecule has 0 atom stereocenters. The van der Waals surface area contributed by atoms with E-state index in [4.69, 9.17) is 15.4 Å². The minimum atomic E-state index is -3.93. The van der Waals surface area contributed by atoms with E-state index in [2.05, 4.69) is 0 Å². The first-order valence-electron chi connectivity index (χ1n) is 4.54. The quantitative estimate of drug-likeness (QED) is 0.731. The molecule has 90 valence electrons. The first-order valence-corrected chi connectivity index (χ1v) is 7.02. The Morgan fingerprint density at radius 2 is 1.87 bits per heavy atom. The highest BCUT2D eigenvalue weighted by atomic mass is 35.7. The van der Waals surface area contributed by atoms with E-state index in [1.807, 2.05) is 0 Å². The molecule has 0 N–H and O–H groups in total. The summed E-state index contributed by atoms with van der Waals surface area (Å²) in [4.78, 5) is 0. The highest BCUT2D eigenvalue weighted by molar-refractivity contribution is 8.13. The molecule has 7 heteroatoms. The summed E-state index contributed by atoms with van der Waals surface area (Å²) >= 11 is 0. The number of ether oxygens (including phenoxy) is 1. The summed E-state index contributed by atoms with van der Waals surface area (Å²) in [5.74, 6) is -3.77. The van der Waals surface area contributed by atoms with Crippen molar-refractivity contribution in [2.75, 3.05) is 19.0 Å². The molecule has 1 fully saturated rings. The van der Waals surface area contributed by atoms with E-state index >= 15 is 0 Å². The zero-order valence-electron chi connectivity index (χ0n) is 8.30. The van der Waals surface area contributed by atoms with Gasteiger partial charge in [0.05, 0.1) is 11.2 Å². The lowest BCUT2D eigenvalue weighted by molar-refractivity contribution is -0.138. The van der Waals surface area contributed by atoms with Gasteiger partial charge in [0.15, 0.2) is 0 Å². The summed E-state index contributed by atoms with van der Waals surface area (Å²) in [5.41, 5.74) is -1.58. The molecule has 0 amide bonds. The zero-order valence-corrected chi connectivity index (χ0v) is 9.87. The van der Waals surface area contributed by atoms with Gasteiger partial charge in [0.2, 0.25) is 9.05 Å². The molecule has 0 unspecified atom stereocenters. The molecule has 1 heterocycles. The highest BCUT2D eigenvalue weighted by Gasteiger charge is 2.52. The second kappa shape index (κ2) is 4.14. The van der Waals surface area contributed by atoms with Gasteiger partial charge in [-0.2, -0.15) is 0 Å². The predicted molar refractivity (Wildman–Crippen MR) is 52.7 cm³/mol. The van der Waals surface area contributed by atoms with E-state index in [0.717, 1.165) is 6.92 Å². The van der Waals surface area contributed by atoms with Crippen molar-refractivity contribution in [3.05, 3.63) is 0 Å². The molecule has 0 spiro atoms. The Morgan fingerprint density at radius 3 is 2.20 bits per heavy atom. The van der Waals surface area contributed by atoms with Crippen molar-refractivity contribution in [2.24, 2.45) is 5.41 Å². The molecule has 0 radical (unpaired) electrons. The van der Waals surface area contributed by atoms with E-state index in [1.54, 1.807) is 0 Å². The molecule has 1 aliphatic heterocycles. The maximum atomic E-state index is 13.4. The summed E-state index contributed by atoms with van der Waals surface area (Å²) in [6, 6.07) is 0. The topological polar surface area (TPSA) is 43.4 Å². The minimum Gasteiger partial charge on any atom is -0.381 e. The van der Waals surface area contributed by atoms with Crippen molar-refractivity contribution >= 4 is 19.7 Å². The number of rotatable bonds is 3. The Bertz CT molecular complexity index is 317. The Balaban J connectivity index is 2.96. The smallest absolute Gasteiger partial charge is 0.252 e. The SMILES string of the molecule is CC(F)(F)C1(CS(=O)(=O)Cl)CCOCC1. The van der Waals surface area contributed by atoms with Crippen molar-refractivity contribution in [3.8, 4) is 0 Å². The summed E-state index contributed by atoms with van der Waals surface area (Å²) in [7, 11) is 1.13. The van der Waals surface area contributed by atoms with Crippen molar-refractivity contribution in [1.82, 2.24) is 0 Å². The molecular weight excluding hydrogens is 250 g/mol. The Kier molecular flexibility index (Phi) is 3.63. The molecule has 1 aliphatic rings. The molecule has 15 heavy (non-hydrogen) atoms. The summed E-state index contributed by atoms with van der Waals surface area (Å²) in [6.45, 7) is 1.03. The van der Waals surface area contributed by atoms with Crippen molar-refractivity contribution in [2.45, 2.75) is 25.7 Å². The van der Waals surface area contributed by atoms with Gasteiger partial charge >= 0.3 is 0 Å². The molecule has 1 rings (SSSR count). The normalized spacial score (nSPS) is 22.7. The molecular formula is C8H13ClF2O3S. The standard InChI is InChI=1S/C8H13ClF2O3S/c1-7(10,11)8(6-15(9,12)13)2-4-14-5-3-8/h2-6H2,1H3. The third kappa shape index (κ3) is 3.26. The van der Waals surface area contributed by atoms with Gasteiger partial charge in [0, 0.05) is 23.9 Å². The van der Waals surface area contributed by atoms with Crippen LogP contribution in [0.25, 0.3) is 0 Å². The molecule has 0 bridgehead atoms. The van der Waals surface area contributed by atoms with Crippen LogP contribution in [0.1, 0.15) is 19.8 Å². The van der Waals surface area contributed by atoms with Gasteiger partial charge in [0.25, 0.3) is 5.92 Å². The van der Waals surface area contributed by atoms with Gasteiger partial charge in [-0.15, -0.1) is 0 Å². The van der Waals surface area contributed by atoms with Crippen LogP contribution in [0.15, 0.2) is 0 Å². The second-order valence-electron chi connectivity index (χ2n) is 3.96. The van der Waals surface area contributed by atoms with Crippen molar-refractivity contribution in [1.29, 1.82) is 0 Å². The highest BCUT2D eigenvalue weighted by Crippen LogP contribution is 2.45. The number of halogens is 3. The number of hydrogen-bond acceptors (Lipinski definition) is 3. The maximum Gasteiger partial charge on any atom is 0.252 e. The molecule has 3 nitrogen and oxygen atoms in total. The van der Waals surface area contributed by atoms with Crippen LogP contribution in [0.3, 0.4) is 0 Å². The van der Waals surface area contributed by atoms with E-state index in [1.165, 1.54) is 0 Å². The Labute approximate surface area is 92.2 Å². The van der Waals surface area contributed by atoms with Gasteiger partial charge < -0.3 is 4.74 Å². The fraction of sp³-hybridized carbons (Fsp3) is 1.00. The van der Waals surface area contributed by atoms with Crippen LogP contribution in [0.2, 0.25) is 0 Å². The second-order valence-corrected chi connectivity index (χ2v) is 6.74. The van der Waals surface area contributed by atoms with Crippen LogP contribution in [-0.4, -0.2) is 33.3 Å². The largest absolute Gasteiger partial charge is 0.381 e. The van der Waals surface area contributed by atoms with Crippen molar-refractivity contribution in [3.63, 3.8) is 0 Å². The fourth-order valence-electron chi connectivity index (χ4n) is 1.80. The van der Waals surface area contributed by atoms with Gasteiger partial charge in [-0.05, 0) is 19.8 Å². The molecule has 0 aliphatic carbocycles. The first-order chi connectivity index (χ1) is 6.66. The average Bonchev–Trinajstić information content (AvgIpc) is 2.00. The molecule has 1 saturated heterocycles.